The van der Waals surface area contributed by atoms with Gasteiger partial charge in [0.05, 0.1) is 18.1 Å². The number of nitrogens with two attached hydrogens (primary N) is 1. The molecular weight excluding hydrogens is 411 g/mol. The fourth-order valence-electron chi connectivity index (χ4n) is 3.85. The summed E-state index contributed by atoms with van der Waals surface area (Å²) in [6.45, 7) is 0. The minimum atomic E-state index is -4.52. The summed E-state index contributed by atoms with van der Waals surface area (Å²) < 4.78 is 43.7. The number of amides is 1. The number of hydrogen-bond acceptors (Lipinski definition) is 4. The number of carbonyl (C=O) groups is 1. The van der Waals surface area contributed by atoms with Crippen LogP contribution in [0.2, 0.25) is 0 Å². The number of nitrogens with zero attached hydrogens (tertiary/aromatic N) is 1. The van der Waals surface area contributed by atoms with E-state index >= 15 is 0 Å². The van der Waals surface area contributed by atoms with Crippen LogP contribution in [0, 0.1) is 0 Å². The van der Waals surface area contributed by atoms with E-state index < -0.39 is 23.2 Å². The summed E-state index contributed by atoms with van der Waals surface area (Å²) in [7, 11) is 1.58. The predicted octanol–water partition coefficient (Wildman–Crippen LogP) is 5.44. The van der Waals surface area contributed by atoms with Crippen molar-refractivity contribution < 1.29 is 27.5 Å². The van der Waals surface area contributed by atoms with Crippen molar-refractivity contribution in [3.63, 3.8) is 0 Å². The number of benzene rings is 2. The van der Waals surface area contributed by atoms with Gasteiger partial charge in [-0.1, -0.05) is 42.6 Å². The number of oxime groups is 1. The number of methoxy groups -OCH3 is 1. The maximum Gasteiger partial charge on any atom is 0.437 e. The third kappa shape index (κ3) is 5.28. The normalized spacial score (nSPS) is 16.5. The Kier molecular flexibility index (Phi) is 6.72. The first kappa shape index (κ1) is 22.5. The van der Waals surface area contributed by atoms with Gasteiger partial charge in [0.1, 0.15) is 5.75 Å². The van der Waals surface area contributed by atoms with Crippen LogP contribution in [0.25, 0.3) is 0 Å². The van der Waals surface area contributed by atoms with E-state index in [1.807, 2.05) is 24.3 Å². The number of amidine groups is 1. The van der Waals surface area contributed by atoms with Gasteiger partial charge in [-0.05, 0) is 48.7 Å². The molecule has 166 valence electrons. The lowest BCUT2D eigenvalue weighted by Crippen LogP contribution is -2.43. The molecule has 0 atom stereocenters. The zero-order valence-corrected chi connectivity index (χ0v) is 17.0. The van der Waals surface area contributed by atoms with Crippen molar-refractivity contribution in [2.45, 2.75) is 43.7 Å². The summed E-state index contributed by atoms with van der Waals surface area (Å²) in [6, 6.07) is 11.7. The molecule has 0 aromatic heterocycles. The van der Waals surface area contributed by atoms with Crippen LogP contribution in [-0.4, -0.2) is 19.0 Å². The Morgan fingerprint density at radius 1 is 1.10 bits per heavy atom. The number of hydrogen-bond donors (Lipinski definition) is 2. The zero-order valence-electron chi connectivity index (χ0n) is 17.0. The third-order valence-corrected chi connectivity index (χ3v) is 5.50. The number of ether oxygens (including phenoxy) is 1. The molecule has 2 aromatic carbocycles. The molecule has 3 N–H and O–H groups in total. The number of alkyl halides is 3. The number of halogens is 3. The second-order valence-corrected chi connectivity index (χ2v) is 7.43. The van der Waals surface area contributed by atoms with Crippen molar-refractivity contribution in [3.05, 3.63) is 59.7 Å². The van der Waals surface area contributed by atoms with Gasteiger partial charge in [0, 0.05) is 5.69 Å². The lowest BCUT2D eigenvalue weighted by atomic mass is 9.68. The Labute approximate surface area is 178 Å². The van der Waals surface area contributed by atoms with E-state index in [0.717, 1.165) is 49.8 Å². The van der Waals surface area contributed by atoms with Gasteiger partial charge in [-0.25, -0.2) is 4.79 Å². The highest BCUT2D eigenvalue weighted by Gasteiger charge is 2.38. The molecule has 3 rings (SSSR count). The molecule has 0 aliphatic heterocycles. The van der Waals surface area contributed by atoms with E-state index in [2.05, 4.69) is 10.5 Å². The molecule has 2 aromatic rings. The Balaban J connectivity index is 1.75. The molecule has 0 radical (unpaired) electrons. The van der Waals surface area contributed by atoms with Gasteiger partial charge in [-0.3, -0.25) is 10.2 Å². The van der Waals surface area contributed by atoms with E-state index in [4.69, 9.17) is 15.3 Å². The van der Waals surface area contributed by atoms with Crippen LogP contribution in [-0.2, 0) is 16.4 Å². The van der Waals surface area contributed by atoms with Crippen LogP contribution in [0.1, 0.15) is 43.2 Å². The van der Waals surface area contributed by atoms with Crippen LogP contribution in [0.3, 0.4) is 0 Å². The van der Waals surface area contributed by atoms with Crippen molar-refractivity contribution in [2.75, 3.05) is 12.4 Å². The van der Waals surface area contributed by atoms with Crippen LogP contribution >= 0.6 is 0 Å². The van der Waals surface area contributed by atoms with Gasteiger partial charge >= 0.3 is 12.3 Å². The number of anilines is 1. The smallest absolute Gasteiger partial charge is 0.437 e. The first-order valence-electron chi connectivity index (χ1n) is 9.88. The summed E-state index contributed by atoms with van der Waals surface area (Å²) in [5.41, 5.74) is 5.69. The van der Waals surface area contributed by atoms with Crippen LogP contribution < -0.4 is 15.8 Å². The SMILES string of the molecule is COc1ccc(C2(/C(N)=N/OC(=O)Nc3cccc(C(F)(F)F)c3)CCCCC2)cc1. The lowest BCUT2D eigenvalue weighted by Gasteiger charge is -2.36. The summed E-state index contributed by atoms with van der Waals surface area (Å²) in [5.74, 6) is 0.860. The van der Waals surface area contributed by atoms with E-state index in [9.17, 15) is 18.0 Å². The summed E-state index contributed by atoms with van der Waals surface area (Å²) >= 11 is 0. The van der Waals surface area contributed by atoms with Crippen molar-refractivity contribution in [2.24, 2.45) is 10.9 Å². The molecule has 0 heterocycles. The first-order chi connectivity index (χ1) is 14.7. The summed E-state index contributed by atoms with van der Waals surface area (Å²) in [6.07, 6.45) is -1.10. The molecule has 1 fully saturated rings. The van der Waals surface area contributed by atoms with Gasteiger partial charge in [0.25, 0.3) is 0 Å². The zero-order chi connectivity index (χ0) is 22.5. The molecule has 9 heteroatoms. The molecule has 0 spiro atoms. The molecule has 1 amide bonds. The molecule has 1 saturated carbocycles. The van der Waals surface area contributed by atoms with E-state index in [0.29, 0.717) is 5.75 Å². The van der Waals surface area contributed by atoms with E-state index in [-0.39, 0.29) is 11.5 Å². The van der Waals surface area contributed by atoms with E-state index in [1.54, 1.807) is 7.11 Å². The third-order valence-electron chi connectivity index (χ3n) is 5.50. The maximum atomic E-state index is 12.8. The highest BCUT2D eigenvalue weighted by Crippen LogP contribution is 2.40. The molecule has 31 heavy (non-hydrogen) atoms. The Hall–Kier alpha value is -3.23. The Bertz CT molecular complexity index is 937. The minimum absolute atomic E-state index is 0.0591. The van der Waals surface area contributed by atoms with Gasteiger partial charge in [-0.2, -0.15) is 13.2 Å². The highest BCUT2D eigenvalue weighted by molar-refractivity contribution is 5.92. The number of rotatable bonds is 5. The fourth-order valence-corrected chi connectivity index (χ4v) is 3.85. The van der Waals surface area contributed by atoms with Gasteiger partial charge < -0.3 is 10.5 Å². The minimum Gasteiger partial charge on any atom is -0.497 e. The molecule has 0 saturated heterocycles. The second-order valence-electron chi connectivity index (χ2n) is 7.43. The molecule has 0 unspecified atom stereocenters. The van der Waals surface area contributed by atoms with Gasteiger partial charge in [0.15, 0.2) is 5.84 Å². The highest BCUT2D eigenvalue weighted by atomic mass is 19.4. The van der Waals surface area contributed by atoms with Crippen LogP contribution in [0.4, 0.5) is 23.7 Å². The largest absolute Gasteiger partial charge is 0.497 e. The average Bonchev–Trinajstić information content (AvgIpc) is 2.77. The van der Waals surface area contributed by atoms with Crippen LogP contribution in [0.15, 0.2) is 53.7 Å². The number of nitrogens with one attached hydrogen (secondary N) is 1. The standard InChI is InChI=1S/C22H24F3N3O3/c1-30-18-10-8-15(9-11-18)21(12-3-2-4-13-21)19(26)28-31-20(29)27-17-7-5-6-16(14-17)22(23,24)25/h5-11,14H,2-4,12-13H2,1H3,(H2,26,28)(H,27,29). The monoisotopic (exact) mass is 435 g/mol. The van der Waals surface area contributed by atoms with Gasteiger partial charge in [-0.15, -0.1) is 0 Å². The molecular formula is C22H24F3N3O3. The van der Waals surface area contributed by atoms with Crippen molar-refractivity contribution in [1.29, 1.82) is 0 Å². The van der Waals surface area contributed by atoms with Crippen molar-refractivity contribution >= 4 is 17.6 Å². The Morgan fingerprint density at radius 2 is 1.77 bits per heavy atom. The number of carbonyl (C=O) groups excluding carboxylic acids is 1. The summed E-state index contributed by atoms with van der Waals surface area (Å²) in [5, 5.41) is 6.07. The van der Waals surface area contributed by atoms with E-state index in [1.165, 1.54) is 12.1 Å². The topological polar surface area (TPSA) is 85.9 Å². The van der Waals surface area contributed by atoms with Crippen molar-refractivity contribution in [3.8, 4) is 5.75 Å². The van der Waals surface area contributed by atoms with Crippen LogP contribution in [0.5, 0.6) is 5.75 Å². The molecule has 6 nitrogen and oxygen atoms in total. The molecule has 1 aliphatic rings. The summed E-state index contributed by atoms with van der Waals surface area (Å²) in [4.78, 5) is 17.0. The van der Waals surface area contributed by atoms with Gasteiger partial charge in [0.2, 0.25) is 0 Å². The van der Waals surface area contributed by atoms with Crippen molar-refractivity contribution in [1.82, 2.24) is 0 Å². The Morgan fingerprint density at radius 3 is 2.39 bits per heavy atom. The lowest BCUT2D eigenvalue weighted by molar-refractivity contribution is -0.137. The molecule has 1 aliphatic carbocycles. The average molecular weight is 435 g/mol. The first-order valence-corrected chi connectivity index (χ1v) is 9.88. The second kappa shape index (κ2) is 9.28. The molecule has 0 bridgehead atoms. The quantitative estimate of drug-likeness (QED) is 0.284. The fraction of sp³-hybridized carbons (Fsp3) is 0.364. The predicted molar refractivity (Wildman–Crippen MR) is 111 cm³/mol. The maximum absolute atomic E-state index is 12.8.